The number of fused-ring (bicyclic) bond motifs is 1. The van der Waals surface area contributed by atoms with Crippen LogP contribution in [-0.2, 0) is 18.3 Å². The van der Waals surface area contributed by atoms with Crippen LogP contribution in [0.3, 0.4) is 0 Å². The number of ether oxygens (including phenoxy) is 1. The highest BCUT2D eigenvalue weighted by molar-refractivity contribution is 5.83. The maximum atomic E-state index is 5.35. The van der Waals surface area contributed by atoms with Gasteiger partial charge in [-0.05, 0) is 25.1 Å². The number of nitrogens with zero attached hydrogens (tertiary/aromatic N) is 7. The molecule has 3 aromatic heterocycles. The quantitative estimate of drug-likeness (QED) is 0.528. The Bertz CT molecular complexity index is 1190. The lowest BCUT2D eigenvalue weighted by Crippen LogP contribution is -2.50. The van der Waals surface area contributed by atoms with Crippen molar-refractivity contribution in [2.24, 2.45) is 7.05 Å². The number of aryl methyl sites for hydroxylation is 2. The van der Waals surface area contributed by atoms with E-state index in [9.17, 15) is 0 Å². The first-order valence-corrected chi connectivity index (χ1v) is 9.91. The largest absolute Gasteiger partial charge is 0.379 e. The van der Waals surface area contributed by atoms with E-state index in [1.54, 1.807) is 13.3 Å². The molecule has 0 aliphatic carbocycles. The van der Waals surface area contributed by atoms with Crippen LogP contribution in [0.4, 0.5) is 11.6 Å². The molecule has 0 radical (unpaired) electrons. The normalized spacial score (nSPS) is 14.9. The van der Waals surface area contributed by atoms with Gasteiger partial charge in [0.25, 0.3) is 0 Å². The molecular formula is C21H24N8O. The van der Waals surface area contributed by atoms with Crippen molar-refractivity contribution in [2.45, 2.75) is 19.6 Å². The molecule has 1 fully saturated rings. The van der Waals surface area contributed by atoms with Crippen LogP contribution < -0.4 is 5.32 Å². The molecule has 1 N–H and O–H groups in total. The number of likely N-dealkylation sites (tertiary alicyclic amines) is 1. The van der Waals surface area contributed by atoms with Gasteiger partial charge in [-0.1, -0.05) is 0 Å². The van der Waals surface area contributed by atoms with Crippen LogP contribution in [0.2, 0.25) is 0 Å². The minimum atomic E-state index is 0.349. The summed E-state index contributed by atoms with van der Waals surface area (Å²) in [6.45, 7) is 4.82. The molecule has 0 atom stereocenters. The SMILES string of the molecule is COC1CN(Cc2cn(-c3ccnc(Nc4ccc5c(cnn5C)c4)n3)nc2C)C1. The van der Waals surface area contributed by atoms with Gasteiger partial charge >= 0.3 is 0 Å². The lowest BCUT2D eigenvalue weighted by Gasteiger charge is -2.37. The van der Waals surface area contributed by atoms with Crippen LogP contribution >= 0.6 is 0 Å². The van der Waals surface area contributed by atoms with Crippen LogP contribution in [-0.4, -0.2) is 60.7 Å². The van der Waals surface area contributed by atoms with E-state index in [0.717, 1.165) is 47.7 Å². The molecule has 0 unspecified atom stereocenters. The summed E-state index contributed by atoms with van der Waals surface area (Å²) in [4.78, 5) is 11.3. The van der Waals surface area contributed by atoms with E-state index in [1.807, 2.05) is 60.0 Å². The monoisotopic (exact) mass is 404 g/mol. The van der Waals surface area contributed by atoms with Crippen molar-refractivity contribution in [1.82, 2.24) is 34.4 Å². The number of anilines is 2. The second-order valence-electron chi connectivity index (χ2n) is 7.64. The van der Waals surface area contributed by atoms with Crippen molar-refractivity contribution in [2.75, 3.05) is 25.5 Å². The van der Waals surface area contributed by atoms with Gasteiger partial charge in [0, 0.05) is 68.9 Å². The molecule has 4 aromatic rings. The number of benzene rings is 1. The molecule has 0 bridgehead atoms. The number of hydrogen-bond acceptors (Lipinski definition) is 7. The lowest BCUT2D eigenvalue weighted by molar-refractivity contribution is -0.0334. The Morgan fingerprint density at radius 2 is 2.10 bits per heavy atom. The highest BCUT2D eigenvalue weighted by atomic mass is 16.5. The Labute approximate surface area is 174 Å². The van der Waals surface area contributed by atoms with Gasteiger partial charge in [0.15, 0.2) is 5.82 Å². The van der Waals surface area contributed by atoms with E-state index in [0.29, 0.717) is 12.1 Å². The van der Waals surface area contributed by atoms with E-state index in [2.05, 4.69) is 30.4 Å². The van der Waals surface area contributed by atoms with Gasteiger partial charge in [-0.25, -0.2) is 9.67 Å². The number of nitrogens with one attached hydrogen (secondary N) is 1. The fourth-order valence-electron chi connectivity index (χ4n) is 3.72. The second-order valence-corrected chi connectivity index (χ2v) is 7.64. The lowest BCUT2D eigenvalue weighted by atomic mass is 10.1. The zero-order valence-corrected chi connectivity index (χ0v) is 17.3. The molecule has 9 nitrogen and oxygen atoms in total. The Morgan fingerprint density at radius 3 is 2.93 bits per heavy atom. The van der Waals surface area contributed by atoms with E-state index in [1.165, 1.54) is 5.56 Å². The second kappa shape index (κ2) is 7.51. The summed E-state index contributed by atoms with van der Waals surface area (Å²) in [5.41, 5.74) is 4.19. The number of rotatable bonds is 6. The predicted octanol–water partition coefficient (Wildman–Crippen LogP) is 2.43. The van der Waals surface area contributed by atoms with Crippen molar-refractivity contribution < 1.29 is 4.74 Å². The first-order chi connectivity index (χ1) is 14.6. The summed E-state index contributed by atoms with van der Waals surface area (Å²) < 4.78 is 9.02. The topological polar surface area (TPSA) is 85.9 Å². The molecule has 1 aromatic carbocycles. The number of aromatic nitrogens is 6. The molecule has 9 heteroatoms. The smallest absolute Gasteiger partial charge is 0.229 e. The molecule has 30 heavy (non-hydrogen) atoms. The predicted molar refractivity (Wildman–Crippen MR) is 114 cm³/mol. The van der Waals surface area contributed by atoms with Gasteiger partial charge in [-0.3, -0.25) is 9.58 Å². The van der Waals surface area contributed by atoms with Crippen LogP contribution in [0.15, 0.2) is 42.9 Å². The Kier molecular flexibility index (Phi) is 4.68. The Morgan fingerprint density at radius 1 is 1.23 bits per heavy atom. The first-order valence-electron chi connectivity index (χ1n) is 9.91. The summed E-state index contributed by atoms with van der Waals surface area (Å²) in [5, 5.41) is 13.3. The van der Waals surface area contributed by atoms with Gasteiger partial charge < -0.3 is 10.1 Å². The summed E-state index contributed by atoms with van der Waals surface area (Å²) in [7, 11) is 3.70. The van der Waals surface area contributed by atoms with Gasteiger partial charge in [0.1, 0.15) is 0 Å². The molecule has 0 saturated carbocycles. The van der Waals surface area contributed by atoms with Crippen LogP contribution in [0, 0.1) is 6.92 Å². The molecular weight excluding hydrogens is 380 g/mol. The summed E-state index contributed by atoms with van der Waals surface area (Å²) in [6.07, 6.45) is 5.98. The van der Waals surface area contributed by atoms with Crippen molar-refractivity contribution in [1.29, 1.82) is 0 Å². The number of hydrogen-bond donors (Lipinski definition) is 1. The average Bonchev–Trinajstić information content (AvgIpc) is 3.27. The third-order valence-electron chi connectivity index (χ3n) is 5.53. The molecule has 1 aliphatic rings. The first kappa shape index (κ1) is 18.7. The van der Waals surface area contributed by atoms with Crippen LogP contribution in [0.5, 0.6) is 0 Å². The van der Waals surface area contributed by atoms with E-state index < -0.39 is 0 Å². The van der Waals surface area contributed by atoms with Crippen molar-refractivity contribution >= 4 is 22.5 Å². The molecule has 0 amide bonds. The minimum absolute atomic E-state index is 0.349. The van der Waals surface area contributed by atoms with Crippen LogP contribution in [0.1, 0.15) is 11.3 Å². The van der Waals surface area contributed by atoms with Gasteiger partial charge in [0.2, 0.25) is 5.95 Å². The fourth-order valence-corrected chi connectivity index (χ4v) is 3.72. The summed E-state index contributed by atoms with van der Waals surface area (Å²) in [6, 6.07) is 7.92. The molecule has 5 rings (SSSR count). The standard InChI is InChI=1S/C21H24N8O/c1-14-16(10-28-12-18(13-28)30-3)11-29(26-14)20-6-7-22-21(25-20)24-17-4-5-19-15(8-17)9-23-27(19)2/h4-9,11,18H,10,12-13H2,1-3H3,(H,22,24,25). The molecule has 1 aliphatic heterocycles. The van der Waals surface area contributed by atoms with Crippen molar-refractivity contribution in [3.8, 4) is 5.82 Å². The third-order valence-corrected chi connectivity index (χ3v) is 5.53. The third kappa shape index (κ3) is 3.53. The maximum Gasteiger partial charge on any atom is 0.229 e. The van der Waals surface area contributed by atoms with Crippen molar-refractivity contribution in [3.05, 3.63) is 54.1 Å². The van der Waals surface area contributed by atoms with E-state index >= 15 is 0 Å². The zero-order chi connectivity index (χ0) is 20.7. The molecule has 4 heterocycles. The van der Waals surface area contributed by atoms with Crippen LogP contribution in [0.25, 0.3) is 16.7 Å². The van der Waals surface area contributed by atoms with Gasteiger partial charge in [-0.2, -0.15) is 15.2 Å². The highest BCUT2D eigenvalue weighted by Gasteiger charge is 2.27. The van der Waals surface area contributed by atoms with Gasteiger partial charge in [-0.15, -0.1) is 0 Å². The molecule has 154 valence electrons. The summed E-state index contributed by atoms with van der Waals surface area (Å²) in [5.74, 6) is 1.25. The maximum absolute atomic E-state index is 5.35. The fraction of sp³-hybridized carbons (Fsp3) is 0.333. The van der Waals surface area contributed by atoms with Gasteiger partial charge in [0.05, 0.1) is 23.5 Å². The minimum Gasteiger partial charge on any atom is -0.379 e. The number of methoxy groups -OCH3 is 1. The molecule has 1 saturated heterocycles. The molecule has 0 spiro atoms. The highest BCUT2D eigenvalue weighted by Crippen LogP contribution is 2.22. The van der Waals surface area contributed by atoms with E-state index in [4.69, 9.17) is 4.74 Å². The average molecular weight is 404 g/mol. The zero-order valence-electron chi connectivity index (χ0n) is 17.3. The summed E-state index contributed by atoms with van der Waals surface area (Å²) >= 11 is 0. The Hall–Kier alpha value is -3.30. The van der Waals surface area contributed by atoms with Crippen molar-refractivity contribution in [3.63, 3.8) is 0 Å². The Balaban J connectivity index is 1.33. The van der Waals surface area contributed by atoms with E-state index in [-0.39, 0.29) is 0 Å².